The predicted molar refractivity (Wildman–Crippen MR) is 133 cm³/mol. The zero-order valence-corrected chi connectivity index (χ0v) is 20.2. The number of methoxy groups -OCH3 is 1. The first kappa shape index (κ1) is 26.5. The van der Waals surface area contributed by atoms with Crippen LogP contribution in [0.15, 0.2) is 59.4 Å². The van der Waals surface area contributed by atoms with Gasteiger partial charge in [-0.3, -0.25) is 14.5 Å². The van der Waals surface area contributed by atoms with Crippen LogP contribution in [0.2, 0.25) is 0 Å². The molecule has 2 aromatic carbocycles. The molecule has 0 fully saturated rings. The van der Waals surface area contributed by atoms with E-state index in [2.05, 4.69) is 4.98 Å². The molecule has 0 aliphatic rings. The Hall–Kier alpha value is -3.10. The molecule has 0 unspecified atom stereocenters. The van der Waals surface area contributed by atoms with Crippen molar-refractivity contribution in [3.63, 3.8) is 0 Å². The Balaban J connectivity index is 1.36. The van der Waals surface area contributed by atoms with E-state index in [4.69, 9.17) is 9.47 Å². The van der Waals surface area contributed by atoms with Crippen molar-refractivity contribution in [1.82, 2.24) is 9.88 Å². The first-order valence-electron chi connectivity index (χ1n) is 11.7. The second-order valence-electron chi connectivity index (χ2n) is 8.62. The third kappa shape index (κ3) is 7.44. The molecule has 0 saturated heterocycles. The van der Waals surface area contributed by atoms with Gasteiger partial charge in [0, 0.05) is 29.2 Å². The van der Waals surface area contributed by atoms with Gasteiger partial charge >= 0.3 is 0 Å². The van der Waals surface area contributed by atoms with E-state index in [-0.39, 0.29) is 23.5 Å². The minimum Gasteiger partial charge on any atom is -0.495 e. The summed E-state index contributed by atoms with van der Waals surface area (Å²) in [5.41, 5.74) is 0.756. The molecule has 188 valence electrons. The normalized spacial score (nSPS) is 11.8. The van der Waals surface area contributed by atoms with Gasteiger partial charge in [-0.05, 0) is 44.6 Å². The number of hydrogen-bond acceptors (Lipinski definition) is 5. The monoisotopic (exact) mass is 486 g/mol. The maximum atomic E-state index is 14.1. The van der Waals surface area contributed by atoms with E-state index in [1.165, 1.54) is 25.3 Å². The van der Waals surface area contributed by atoms with Gasteiger partial charge in [-0.1, -0.05) is 43.2 Å². The minimum atomic E-state index is -2.99. The van der Waals surface area contributed by atoms with Gasteiger partial charge in [0.05, 0.1) is 19.2 Å². The van der Waals surface area contributed by atoms with Crippen LogP contribution in [0.25, 0.3) is 10.9 Å². The fraction of sp³-hybridized carbons (Fsp3) is 0.407. The molecule has 0 bridgehead atoms. The summed E-state index contributed by atoms with van der Waals surface area (Å²) in [7, 11) is 3.40. The van der Waals surface area contributed by atoms with E-state index < -0.39 is 12.5 Å². The quantitative estimate of drug-likeness (QED) is 0.256. The van der Waals surface area contributed by atoms with Crippen molar-refractivity contribution in [3.05, 3.63) is 76.1 Å². The molecule has 0 radical (unpaired) electrons. The summed E-state index contributed by atoms with van der Waals surface area (Å²) in [4.78, 5) is 29.3. The first-order valence-corrected chi connectivity index (χ1v) is 11.7. The summed E-state index contributed by atoms with van der Waals surface area (Å²) in [5, 5.41) is 0.653. The van der Waals surface area contributed by atoms with Gasteiger partial charge in [0.1, 0.15) is 12.4 Å². The Morgan fingerprint density at radius 1 is 1.00 bits per heavy atom. The fourth-order valence-electron chi connectivity index (χ4n) is 3.95. The number of halogens is 2. The number of Topliss-reactive ketones (excluding diaryl/α,β-unsaturated/α-hetero) is 1. The molecule has 6 nitrogen and oxygen atoms in total. The number of hydrogen-bond donors (Lipinski definition) is 1. The number of H-pyrrole nitrogens is 1. The highest BCUT2D eigenvalue weighted by atomic mass is 19.3. The number of ether oxygens (including phenoxy) is 2. The molecule has 0 atom stereocenters. The van der Waals surface area contributed by atoms with Crippen LogP contribution >= 0.6 is 0 Å². The zero-order valence-electron chi connectivity index (χ0n) is 20.2. The second-order valence-corrected chi connectivity index (χ2v) is 8.62. The number of benzene rings is 2. The van der Waals surface area contributed by atoms with Gasteiger partial charge in [0.15, 0.2) is 5.78 Å². The Morgan fingerprint density at radius 2 is 1.74 bits per heavy atom. The average Bonchev–Trinajstić information content (AvgIpc) is 2.85. The number of fused-ring (bicyclic) bond motifs is 1. The fourth-order valence-corrected chi connectivity index (χ4v) is 3.95. The average molecular weight is 487 g/mol. The molecule has 0 spiro atoms. The maximum Gasteiger partial charge on any atom is 0.296 e. The lowest BCUT2D eigenvalue weighted by Gasteiger charge is -2.17. The van der Waals surface area contributed by atoms with Crippen LogP contribution < -0.4 is 10.3 Å². The molecular weight excluding hydrogens is 454 g/mol. The molecule has 3 aromatic rings. The highest BCUT2D eigenvalue weighted by molar-refractivity contribution is 6.09. The molecular formula is C27H32F2N2O4. The molecule has 1 heterocycles. The highest BCUT2D eigenvalue weighted by Crippen LogP contribution is 2.28. The highest BCUT2D eigenvalue weighted by Gasteiger charge is 2.31. The first-order chi connectivity index (χ1) is 16.8. The molecule has 1 N–H and O–H groups in total. The van der Waals surface area contributed by atoms with Crippen molar-refractivity contribution < 1.29 is 23.0 Å². The Bertz CT molecular complexity index is 1160. The van der Waals surface area contributed by atoms with Gasteiger partial charge in [-0.25, -0.2) is 0 Å². The summed E-state index contributed by atoms with van der Waals surface area (Å²) in [6.45, 7) is 0.668. The van der Waals surface area contributed by atoms with E-state index in [1.54, 1.807) is 36.4 Å². The van der Waals surface area contributed by atoms with Crippen LogP contribution in [0.3, 0.4) is 0 Å². The molecule has 0 saturated carbocycles. The van der Waals surface area contributed by atoms with Gasteiger partial charge in [-0.2, -0.15) is 8.78 Å². The molecule has 3 rings (SSSR count). The van der Waals surface area contributed by atoms with E-state index in [0.717, 1.165) is 25.8 Å². The van der Waals surface area contributed by atoms with Crippen LogP contribution in [0, 0.1) is 0 Å². The van der Waals surface area contributed by atoms with Crippen molar-refractivity contribution in [2.75, 3.05) is 40.5 Å². The maximum absolute atomic E-state index is 14.1. The van der Waals surface area contributed by atoms with E-state index in [0.29, 0.717) is 35.2 Å². The lowest BCUT2D eigenvalue weighted by Crippen LogP contribution is -2.27. The van der Waals surface area contributed by atoms with Gasteiger partial charge in [0.25, 0.3) is 5.92 Å². The summed E-state index contributed by atoms with van der Waals surface area (Å²) in [6.07, 6.45) is 3.39. The number of alkyl halides is 2. The molecule has 0 amide bonds. The van der Waals surface area contributed by atoms with Crippen molar-refractivity contribution >= 4 is 16.7 Å². The van der Waals surface area contributed by atoms with Crippen LogP contribution in [0.1, 0.15) is 41.6 Å². The number of aromatic amines is 1. The predicted octanol–water partition coefficient (Wildman–Crippen LogP) is 5.02. The third-order valence-electron chi connectivity index (χ3n) is 5.85. The molecule has 0 aliphatic heterocycles. The number of ketones is 1. The Kier molecular flexibility index (Phi) is 9.51. The number of unbranched alkanes of at least 4 members (excludes halogenated alkanes) is 3. The van der Waals surface area contributed by atoms with Gasteiger partial charge in [0.2, 0.25) is 5.56 Å². The van der Waals surface area contributed by atoms with E-state index >= 15 is 0 Å². The lowest BCUT2D eigenvalue weighted by atomic mass is 10.0. The minimum absolute atomic E-state index is 0.0338. The van der Waals surface area contributed by atoms with E-state index in [1.807, 2.05) is 11.9 Å². The van der Waals surface area contributed by atoms with Crippen LogP contribution in [-0.2, 0) is 10.7 Å². The Labute approximate surface area is 203 Å². The van der Waals surface area contributed by atoms with Crippen molar-refractivity contribution in [3.8, 4) is 5.75 Å². The number of pyridine rings is 1. The summed E-state index contributed by atoms with van der Waals surface area (Å²) in [6, 6.07) is 14.1. The summed E-state index contributed by atoms with van der Waals surface area (Å²) < 4.78 is 38.6. The summed E-state index contributed by atoms with van der Waals surface area (Å²) in [5.74, 6) is -2.52. The lowest BCUT2D eigenvalue weighted by molar-refractivity contribution is -0.0831. The van der Waals surface area contributed by atoms with Gasteiger partial charge in [-0.15, -0.1) is 0 Å². The summed E-state index contributed by atoms with van der Waals surface area (Å²) >= 11 is 0. The van der Waals surface area contributed by atoms with Crippen LogP contribution in [-0.4, -0.2) is 56.1 Å². The molecule has 0 aliphatic carbocycles. The van der Waals surface area contributed by atoms with E-state index in [9.17, 15) is 18.4 Å². The second kappa shape index (κ2) is 12.6. The van der Waals surface area contributed by atoms with Crippen LogP contribution in [0.4, 0.5) is 8.78 Å². The number of aromatic nitrogens is 1. The third-order valence-corrected chi connectivity index (χ3v) is 5.85. The van der Waals surface area contributed by atoms with Gasteiger partial charge < -0.3 is 14.5 Å². The molecule has 1 aromatic heterocycles. The topological polar surface area (TPSA) is 71.6 Å². The zero-order chi connectivity index (χ0) is 25.3. The van der Waals surface area contributed by atoms with Crippen LogP contribution in [0.5, 0.6) is 5.75 Å². The number of likely N-dealkylation sites (N-methyl/N-ethyl adjacent to an activating group) is 1. The number of carbonyl (C=O) groups excluding carboxylic acids is 1. The smallest absolute Gasteiger partial charge is 0.296 e. The Morgan fingerprint density at radius 3 is 2.49 bits per heavy atom. The molecule has 35 heavy (non-hydrogen) atoms. The van der Waals surface area contributed by atoms with Crippen molar-refractivity contribution in [2.24, 2.45) is 0 Å². The number of carbonyl (C=O) groups is 1. The molecule has 8 heteroatoms. The number of nitrogens with zero attached hydrogens (tertiary/aromatic N) is 1. The SMILES string of the molecule is COc1ccc(C(=O)CN(C)CCCCCCOCC(F)(F)c2ccccc2)c2ccc(=O)[nH]c12. The number of rotatable bonds is 14. The standard InChI is InChI=1S/C27H32F2N2O4/c1-31(16-8-3-4-9-17-35-19-27(28,29)20-10-6-5-7-11-20)18-23(32)21-12-14-24(34-2)26-22(21)13-15-25(33)30-26/h5-7,10-15H,3-4,8-9,16-19H2,1-2H3,(H,30,33). The number of nitrogens with one attached hydrogen (secondary N) is 1. The largest absolute Gasteiger partial charge is 0.495 e. The van der Waals surface area contributed by atoms with Crippen molar-refractivity contribution in [2.45, 2.75) is 31.6 Å². The van der Waals surface area contributed by atoms with Crippen molar-refractivity contribution in [1.29, 1.82) is 0 Å².